The summed E-state index contributed by atoms with van der Waals surface area (Å²) in [5.41, 5.74) is 0. The molecule has 1 amide bonds. The molecule has 1 atom stereocenters. The van der Waals surface area contributed by atoms with Gasteiger partial charge in [0.2, 0.25) is 10.0 Å². The van der Waals surface area contributed by atoms with Crippen LogP contribution in [0.1, 0.15) is 26.2 Å². The lowest BCUT2D eigenvalue weighted by Crippen LogP contribution is -2.37. The third-order valence-electron chi connectivity index (χ3n) is 3.42. The molecular weight excluding hydrogens is 358 g/mol. The number of hydrogen-bond donors (Lipinski definition) is 2. The van der Waals surface area contributed by atoms with Crippen molar-refractivity contribution in [3.8, 4) is 0 Å². The molecule has 25 heavy (non-hydrogen) atoms. The van der Waals surface area contributed by atoms with Crippen LogP contribution in [0.4, 0.5) is 8.78 Å². The second kappa shape index (κ2) is 7.87. The summed E-state index contributed by atoms with van der Waals surface area (Å²) >= 11 is 0. The lowest BCUT2D eigenvalue weighted by molar-refractivity contribution is -0.154. The Hall–Kier alpha value is -2.07. The summed E-state index contributed by atoms with van der Waals surface area (Å²) in [4.78, 5) is 22.8. The molecule has 10 heteroatoms. The number of nitrogens with one attached hydrogen (secondary N) is 2. The molecule has 0 radical (unpaired) electrons. The summed E-state index contributed by atoms with van der Waals surface area (Å²) in [5, 5.41) is 2.68. The van der Waals surface area contributed by atoms with Gasteiger partial charge in [-0.15, -0.1) is 0 Å². The Morgan fingerprint density at radius 3 is 2.56 bits per heavy atom. The van der Waals surface area contributed by atoms with Crippen molar-refractivity contribution in [1.82, 2.24) is 10.0 Å². The van der Waals surface area contributed by atoms with Crippen LogP contribution in [0, 0.1) is 11.6 Å². The van der Waals surface area contributed by atoms with Gasteiger partial charge in [0.1, 0.15) is 0 Å². The molecule has 1 aliphatic rings. The van der Waals surface area contributed by atoms with Crippen molar-refractivity contribution in [2.75, 3.05) is 6.54 Å². The van der Waals surface area contributed by atoms with Crippen LogP contribution in [-0.4, -0.2) is 39.0 Å². The Morgan fingerprint density at radius 2 is 1.96 bits per heavy atom. The van der Waals surface area contributed by atoms with Crippen LogP contribution in [0.25, 0.3) is 0 Å². The minimum Gasteiger partial charge on any atom is -0.453 e. The molecule has 1 saturated carbocycles. The van der Waals surface area contributed by atoms with Gasteiger partial charge in [0, 0.05) is 12.6 Å². The third kappa shape index (κ3) is 5.75. The van der Waals surface area contributed by atoms with Crippen LogP contribution in [0.2, 0.25) is 0 Å². The van der Waals surface area contributed by atoms with Crippen molar-refractivity contribution >= 4 is 21.9 Å². The molecule has 0 bridgehead atoms. The number of rotatable bonds is 8. The molecule has 1 aromatic carbocycles. The number of esters is 1. The van der Waals surface area contributed by atoms with Gasteiger partial charge in [-0.1, -0.05) is 0 Å². The number of carbonyl (C=O) groups is 2. The fraction of sp³-hybridized carbons (Fsp3) is 0.467. The predicted octanol–water partition coefficient (Wildman–Crippen LogP) is 0.843. The molecule has 0 unspecified atom stereocenters. The highest BCUT2D eigenvalue weighted by Crippen LogP contribution is 2.18. The molecule has 1 aliphatic carbocycles. The van der Waals surface area contributed by atoms with Gasteiger partial charge in [0.05, 0.1) is 11.3 Å². The highest BCUT2D eigenvalue weighted by molar-refractivity contribution is 7.89. The van der Waals surface area contributed by atoms with Crippen molar-refractivity contribution < 1.29 is 31.5 Å². The first kappa shape index (κ1) is 19.3. The summed E-state index contributed by atoms with van der Waals surface area (Å²) < 4.78 is 56.7. The smallest absolute Gasteiger partial charge is 0.307 e. The molecule has 0 heterocycles. The van der Waals surface area contributed by atoms with E-state index in [-0.39, 0.29) is 19.0 Å². The summed E-state index contributed by atoms with van der Waals surface area (Å²) in [6.45, 7) is 1.11. The maximum absolute atomic E-state index is 13.1. The average molecular weight is 376 g/mol. The van der Waals surface area contributed by atoms with Crippen LogP contribution in [-0.2, 0) is 24.3 Å². The summed E-state index contributed by atoms with van der Waals surface area (Å²) in [7, 11) is -4.09. The fourth-order valence-corrected chi connectivity index (χ4v) is 2.91. The first-order valence-electron chi connectivity index (χ1n) is 7.63. The van der Waals surface area contributed by atoms with Gasteiger partial charge < -0.3 is 10.1 Å². The van der Waals surface area contributed by atoms with Crippen molar-refractivity contribution in [3.63, 3.8) is 0 Å². The van der Waals surface area contributed by atoms with Gasteiger partial charge in [-0.3, -0.25) is 9.59 Å². The van der Waals surface area contributed by atoms with E-state index < -0.39 is 44.5 Å². The van der Waals surface area contributed by atoms with Crippen LogP contribution < -0.4 is 10.0 Å². The number of benzene rings is 1. The van der Waals surface area contributed by atoms with E-state index >= 15 is 0 Å². The normalized spacial score (nSPS) is 15.5. The summed E-state index contributed by atoms with van der Waals surface area (Å²) in [6.07, 6.45) is 0.510. The molecule has 2 rings (SSSR count). The van der Waals surface area contributed by atoms with Gasteiger partial charge in [0.25, 0.3) is 5.91 Å². The van der Waals surface area contributed by atoms with Gasteiger partial charge >= 0.3 is 5.97 Å². The molecule has 7 nitrogen and oxygen atoms in total. The summed E-state index contributed by atoms with van der Waals surface area (Å²) in [6, 6.07) is 2.28. The number of hydrogen-bond acceptors (Lipinski definition) is 5. The monoisotopic (exact) mass is 376 g/mol. The lowest BCUT2D eigenvalue weighted by atomic mass is 10.3. The zero-order chi connectivity index (χ0) is 18.6. The second-order valence-electron chi connectivity index (χ2n) is 5.64. The van der Waals surface area contributed by atoms with Crippen molar-refractivity contribution in [3.05, 3.63) is 29.8 Å². The third-order valence-corrected chi connectivity index (χ3v) is 4.88. The second-order valence-corrected chi connectivity index (χ2v) is 7.41. The van der Waals surface area contributed by atoms with E-state index in [0.717, 1.165) is 18.9 Å². The number of amides is 1. The largest absolute Gasteiger partial charge is 0.453 e. The highest BCUT2D eigenvalue weighted by Gasteiger charge is 2.27. The molecule has 1 fully saturated rings. The van der Waals surface area contributed by atoms with Crippen molar-refractivity contribution in [2.24, 2.45) is 0 Å². The van der Waals surface area contributed by atoms with Gasteiger partial charge in [-0.2, -0.15) is 0 Å². The van der Waals surface area contributed by atoms with E-state index in [9.17, 15) is 26.8 Å². The molecule has 0 aliphatic heterocycles. The van der Waals surface area contributed by atoms with E-state index in [4.69, 9.17) is 4.74 Å². The highest BCUT2D eigenvalue weighted by atomic mass is 32.2. The van der Waals surface area contributed by atoms with E-state index in [0.29, 0.717) is 12.1 Å². The predicted molar refractivity (Wildman–Crippen MR) is 82.9 cm³/mol. The van der Waals surface area contributed by atoms with E-state index in [1.807, 2.05) is 0 Å². The standard InChI is InChI=1S/C15H18F2N2O5S/c1-9(15(21)19-10-2-3-10)24-14(20)6-7-18-25(22,23)11-4-5-12(16)13(17)8-11/h4-5,8-10,18H,2-3,6-7H2,1H3,(H,19,21)/t9-/m0/s1. The van der Waals surface area contributed by atoms with Crippen LogP contribution in [0.3, 0.4) is 0 Å². The first-order chi connectivity index (χ1) is 11.7. The van der Waals surface area contributed by atoms with E-state index in [2.05, 4.69) is 10.0 Å². The van der Waals surface area contributed by atoms with Crippen molar-refractivity contribution in [1.29, 1.82) is 0 Å². The quantitative estimate of drug-likeness (QED) is 0.655. The molecule has 0 spiro atoms. The Bertz CT molecular complexity index is 765. The van der Waals surface area contributed by atoms with E-state index in [1.165, 1.54) is 6.92 Å². The van der Waals surface area contributed by atoms with E-state index in [1.54, 1.807) is 0 Å². The number of sulfonamides is 1. The Balaban J connectivity index is 1.79. The maximum Gasteiger partial charge on any atom is 0.307 e. The van der Waals surface area contributed by atoms with Crippen molar-refractivity contribution in [2.45, 2.75) is 43.2 Å². The number of ether oxygens (including phenoxy) is 1. The molecule has 138 valence electrons. The Labute approximate surface area is 143 Å². The minimum atomic E-state index is -4.09. The number of halogens is 2. The lowest BCUT2D eigenvalue weighted by Gasteiger charge is -2.13. The number of carbonyl (C=O) groups excluding carboxylic acids is 2. The molecule has 2 N–H and O–H groups in total. The molecule has 0 saturated heterocycles. The SMILES string of the molecule is C[C@H](OC(=O)CCNS(=O)(=O)c1ccc(F)c(F)c1)C(=O)NC1CC1. The molecule has 1 aromatic rings. The van der Waals surface area contributed by atoms with Gasteiger partial charge in [-0.25, -0.2) is 21.9 Å². The van der Waals surface area contributed by atoms with Crippen LogP contribution in [0.15, 0.2) is 23.1 Å². The van der Waals surface area contributed by atoms with Crippen LogP contribution in [0.5, 0.6) is 0 Å². The zero-order valence-electron chi connectivity index (χ0n) is 13.4. The Morgan fingerprint density at radius 1 is 1.28 bits per heavy atom. The van der Waals surface area contributed by atoms with Gasteiger partial charge in [0.15, 0.2) is 17.7 Å². The van der Waals surface area contributed by atoms with Crippen LogP contribution >= 0.6 is 0 Å². The maximum atomic E-state index is 13.1. The first-order valence-corrected chi connectivity index (χ1v) is 9.12. The molecule has 0 aromatic heterocycles. The zero-order valence-corrected chi connectivity index (χ0v) is 14.2. The minimum absolute atomic E-state index is 0.136. The summed E-state index contributed by atoms with van der Waals surface area (Å²) in [5.74, 6) is -3.62. The van der Waals surface area contributed by atoms with Gasteiger partial charge in [-0.05, 0) is 38.0 Å². The Kier molecular flexibility index (Phi) is 6.07. The average Bonchev–Trinajstić information content (AvgIpc) is 3.33. The topological polar surface area (TPSA) is 102 Å². The fourth-order valence-electron chi connectivity index (χ4n) is 1.87. The molecular formula is C15H18F2N2O5S.